The van der Waals surface area contributed by atoms with Crippen molar-refractivity contribution >= 4 is 11.6 Å². The molecule has 0 fully saturated rings. The lowest BCUT2D eigenvalue weighted by atomic mass is 9.98. The van der Waals surface area contributed by atoms with Crippen molar-refractivity contribution in [2.75, 3.05) is 0 Å². The summed E-state index contributed by atoms with van der Waals surface area (Å²) in [5, 5.41) is 10.3. The van der Waals surface area contributed by atoms with Crippen LogP contribution in [-0.2, 0) is 0 Å². The van der Waals surface area contributed by atoms with Gasteiger partial charge in [0.15, 0.2) is 0 Å². The number of hydrogen-bond donors (Lipinski definition) is 1. The van der Waals surface area contributed by atoms with Crippen LogP contribution in [0.2, 0.25) is 5.02 Å². The summed E-state index contributed by atoms with van der Waals surface area (Å²) < 4.78 is 0. The minimum Gasteiger partial charge on any atom is -0.384 e. The molecule has 0 saturated heterocycles. The van der Waals surface area contributed by atoms with Gasteiger partial charge < -0.3 is 5.11 Å². The summed E-state index contributed by atoms with van der Waals surface area (Å²) in [4.78, 5) is 0. The summed E-state index contributed by atoms with van der Waals surface area (Å²) in [6.07, 6.45) is 0.901. The Morgan fingerprint density at radius 1 is 1.43 bits per heavy atom. The van der Waals surface area contributed by atoms with Crippen molar-refractivity contribution in [2.24, 2.45) is 0 Å². The van der Waals surface area contributed by atoms with Crippen molar-refractivity contribution < 1.29 is 5.11 Å². The fourth-order valence-electron chi connectivity index (χ4n) is 1.32. The molecule has 0 heterocycles. The second kappa shape index (κ2) is 4.63. The van der Waals surface area contributed by atoms with E-state index in [-0.39, 0.29) is 0 Å². The van der Waals surface area contributed by atoms with Crippen LogP contribution in [0.3, 0.4) is 0 Å². The molecule has 1 unspecified atom stereocenters. The van der Waals surface area contributed by atoms with Crippen molar-refractivity contribution in [2.45, 2.75) is 25.9 Å². The molecule has 1 rings (SSSR count). The molecular formula is C12H15ClO. The van der Waals surface area contributed by atoms with Gasteiger partial charge in [0, 0.05) is 5.02 Å². The van der Waals surface area contributed by atoms with E-state index < -0.39 is 6.10 Å². The standard InChI is InChI=1S/C12H15ClO/c1-4-12(14)9-5-6-11(13)10(7-9)8(2)3/h4-8,12,14H,1H2,2-3H3. The summed E-state index contributed by atoms with van der Waals surface area (Å²) >= 11 is 6.03. The van der Waals surface area contributed by atoms with Crippen LogP contribution in [0, 0.1) is 0 Å². The highest BCUT2D eigenvalue weighted by Gasteiger charge is 2.09. The number of aliphatic hydroxyl groups is 1. The molecule has 0 radical (unpaired) electrons. The average molecular weight is 211 g/mol. The molecular weight excluding hydrogens is 196 g/mol. The maximum atomic E-state index is 9.57. The fraction of sp³-hybridized carbons (Fsp3) is 0.333. The number of benzene rings is 1. The minimum atomic E-state index is -0.607. The van der Waals surface area contributed by atoms with Crippen LogP contribution in [0.15, 0.2) is 30.9 Å². The van der Waals surface area contributed by atoms with E-state index in [9.17, 15) is 5.11 Å². The summed E-state index contributed by atoms with van der Waals surface area (Å²) in [7, 11) is 0. The molecule has 1 nitrogen and oxygen atoms in total. The third-order valence-electron chi connectivity index (χ3n) is 2.21. The van der Waals surface area contributed by atoms with Crippen LogP contribution in [-0.4, -0.2) is 5.11 Å². The van der Waals surface area contributed by atoms with Crippen LogP contribution in [0.25, 0.3) is 0 Å². The van der Waals surface area contributed by atoms with Crippen LogP contribution >= 0.6 is 11.6 Å². The molecule has 1 aromatic carbocycles. The molecule has 0 bridgehead atoms. The molecule has 76 valence electrons. The Bertz CT molecular complexity index is 331. The Labute approximate surface area is 90.0 Å². The number of halogens is 1. The third-order valence-corrected chi connectivity index (χ3v) is 2.55. The Hall–Kier alpha value is -0.790. The summed E-state index contributed by atoms with van der Waals surface area (Å²) in [5.41, 5.74) is 1.90. The van der Waals surface area contributed by atoms with E-state index in [0.717, 1.165) is 16.1 Å². The molecule has 1 N–H and O–H groups in total. The highest BCUT2D eigenvalue weighted by Crippen LogP contribution is 2.27. The largest absolute Gasteiger partial charge is 0.384 e. The van der Waals surface area contributed by atoms with Gasteiger partial charge in [0.25, 0.3) is 0 Å². The first-order valence-corrected chi connectivity index (χ1v) is 5.04. The first-order valence-electron chi connectivity index (χ1n) is 4.66. The number of hydrogen-bond acceptors (Lipinski definition) is 1. The van der Waals surface area contributed by atoms with Crippen LogP contribution < -0.4 is 0 Å². The van der Waals surface area contributed by atoms with Gasteiger partial charge in [-0.1, -0.05) is 43.7 Å². The molecule has 0 aliphatic carbocycles. The van der Waals surface area contributed by atoms with Crippen LogP contribution in [0.5, 0.6) is 0 Å². The quantitative estimate of drug-likeness (QED) is 0.755. The molecule has 0 spiro atoms. The molecule has 0 amide bonds. The second-order valence-electron chi connectivity index (χ2n) is 3.62. The van der Waals surface area contributed by atoms with Crippen molar-refractivity contribution in [1.29, 1.82) is 0 Å². The zero-order valence-electron chi connectivity index (χ0n) is 8.50. The highest BCUT2D eigenvalue weighted by molar-refractivity contribution is 6.31. The first kappa shape index (κ1) is 11.3. The van der Waals surface area contributed by atoms with E-state index in [4.69, 9.17) is 11.6 Å². The van der Waals surface area contributed by atoms with Gasteiger partial charge in [-0.3, -0.25) is 0 Å². The summed E-state index contributed by atoms with van der Waals surface area (Å²) in [6, 6.07) is 5.57. The molecule has 0 aliphatic heterocycles. The maximum absolute atomic E-state index is 9.57. The van der Waals surface area contributed by atoms with Gasteiger partial charge in [-0.15, -0.1) is 6.58 Å². The Morgan fingerprint density at radius 2 is 2.07 bits per heavy atom. The molecule has 14 heavy (non-hydrogen) atoms. The van der Waals surface area contributed by atoms with Crippen molar-refractivity contribution in [3.05, 3.63) is 47.0 Å². The monoisotopic (exact) mass is 210 g/mol. The van der Waals surface area contributed by atoms with Gasteiger partial charge in [0.05, 0.1) is 6.10 Å². The Kier molecular flexibility index (Phi) is 3.73. The van der Waals surface area contributed by atoms with E-state index in [1.165, 1.54) is 6.08 Å². The summed E-state index contributed by atoms with van der Waals surface area (Å²) in [6.45, 7) is 7.70. The Morgan fingerprint density at radius 3 is 2.57 bits per heavy atom. The van der Waals surface area contributed by atoms with Gasteiger partial charge >= 0.3 is 0 Å². The topological polar surface area (TPSA) is 20.2 Å². The normalized spacial score (nSPS) is 12.9. The number of rotatable bonds is 3. The molecule has 1 aromatic rings. The van der Waals surface area contributed by atoms with E-state index in [1.54, 1.807) is 0 Å². The SMILES string of the molecule is C=CC(O)c1ccc(Cl)c(C(C)C)c1. The first-order chi connectivity index (χ1) is 6.56. The van der Waals surface area contributed by atoms with Gasteiger partial charge in [-0.2, -0.15) is 0 Å². The maximum Gasteiger partial charge on any atom is 0.0969 e. The smallest absolute Gasteiger partial charge is 0.0969 e. The van der Waals surface area contributed by atoms with Gasteiger partial charge in [0.1, 0.15) is 0 Å². The van der Waals surface area contributed by atoms with Gasteiger partial charge in [0.2, 0.25) is 0 Å². The van der Waals surface area contributed by atoms with Crippen molar-refractivity contribution in [3.8, 4) is 0 Å². The number of aliphatic hydroxyl groups excluding tert-OH is 1. The molecule has 1 atom stereocenters. The van der Waals surface area contributed by atoms with E-state index in [1.807, 2.05) is 18.2 Å². The third kappa shape index (κ3) is 2.37. The predicted octanol–water partition coefficient (Wildman–Crippen LogP) is 3.68. The Balaban J connectivity index is 3.12. The van der Waals surface area contributed by atoms with E-state index in [0.29, 0.717) is 5.92 Å². The van der Waals surface area contributed by atoms with Crippen molar-refractivity contribution in [1.82, 2.24) is 0 Å². The zero-order valence-corrected chi connectivity index (χ0v) is 9.25. The van der Waals surface area contributed by atoms with E-state index in [2.05, 4.69) is 20.4 Å². The second-order valence-corrected chi connectivity index (χ2v) is 4.02. The fourth-order valence-corrected chi connectivity index (χ4v) is 1.66. The molecule has 0 aromatic heterocycles. The lowest BCUT2D eigenvalue weighted by Crippen LogP contribution is -1.96. The zero-order chi connectivity index (χ0) is 10.7. The average Bonchev–Trinajstić information content (AvgIpc) is 2.17. The van der Waals surface area contributed by atoms with Gasteiger partial charge in [-0.25, -0.2) is 0 Å². The molecule has 0 saturated carbocycles. The van der Waals surface area contributed by atoms with Crippen molar-refractivity contribution in [3.63, 3.8) is 0 Å². The minimum absolute atomic E-state index is 0.361. The van der Waals surface area contributed by atoms with Crippen LogP contribution in [0.4, 0.5) is 0 Å². The lowest BCUT2D eigenvalue weighted by molar-refractivity contribution is 0.229. The van der Waals surface area contributed by atoms with Crippen LogP contribution in [0.1, 0.15) is 37.0 Å². The van der Waals surface area contributed by atoms with Gasteiger partial charge in [-0.05, 0) is 23.1 Å². The molecule has 0 aliphatic rings. The summed E-state index contributed by atoms with van der Waals surface area (Å²) in [5.74, 6) is 0.361. The lowest BCUT2D eigenvalue weighted by Gasteiger charge is -2.12. The van der Waals surface area contributed by atoms with E-state index >= 15 is 0 Å². The molecule has 2 heteroatoms. The highest BCUT2D eigenvalue weighted by atomic mass is 35.5. The predicted molar refractivity (Wildman–Crippen MR) is 60.7 cm³/mol.